The molecule has 0 saturated carbocycles. The van der Waals surface area contributed by atoms with Gasteiger partial charge in [0.05, 0.1) is 5.92 Å². The van der Waals surface area contributed by atoms with Crippen LogP contribution in [0.25, 0.3) is 0 Å². The number of rotatable bonds is 3. The Morgan fingerprint density at radius 3 is 2.58 bits per heavy atom. The number of carboxylic acids is 1. The van der Waals surface area contributed by atoms with Crippen molar-refractivity contribution in [1.82, 2.24) is 4.90 Å². The first kappa shape index (κ1) is 15.8. The second-order valence-electron chi connectivity index (χ2n) is 5.22. The van der Waals surface area contributed by atoms with Gasteiger partial charge in [-0.1, -0.05) is 18.7 Å². The van der Waals surface area contributed by atoms with Crippen molar-refractivity contribution in [2.75, 3.05) is 0 Å². The van der Waals surface area contributed by atoms with Crippen LogP contribution in [0.3, 0.4) is 0 Å². The Hall–Kier alpha value is -1.21. The second kappa shape index (κ2) is 5.83. The fourth-order valence-corrected chi connectivity index (χ4v) is 2.57. The van der Waals surface area contributed by atoms with Crippen LogP contribution < -0.4 is 5.73 Å². The molecule has 0 aromatic carbocycles. The lowest BCUT2D eigenvalue weighted by atomic mass is 10.0. The number of ether oxygens (including phenoxy) is 1. The molecule has 2 unspecified atom stereocenters. The number of carboxylic acid groups (broad SMARTS) is 1. The van der Waals surface area contributed by atoms with Crippen LogP contribution in [-0.2, 0) is 9.53 Å². The smallest absolute Gasteiger partial charge is 0.416 e. The van der Waals surface area contributed by atoms with Crippen molar-refractivity contribution in [1.29, 1.82) is 0 Å². The molecule has 0 aliphatic carbocycles. The van der Waals surface area contributed by atoms with Crippen LogP contribution in [0.1, 0.15) is 34.1 Å². The molecule has 0 saturated heterocycles. The van der Waals surface area contributed by atoms with E-state index < -0.39 is 29.1 Å². The highest BCUT2D eigenvalue weighted by atomic mass is 32.2. The van der Waals surface area contributed by atoms with Gasteiger partial charge < -0.3 is 15.6 Å². The first-order valence-electron chi connectivity index (χ1n) is 6.03. The number of thioether (sulfide) groups is 1. The lowest BCUT2D eigenvalue weighted by Gasteiger charge is -2.30. The van der Waals surface area contributed by atoms with Gasteiger partial charge in [0.2, 0.25) is 0 Å². The van der Waals surface area contributed by atoms with Gasteiger partial charge in [0, 0.05) is 5.70 Å². The third-order valence-corrected chi connectivity index (χ3v) is 3.38. The minimum absolute atomic E-state index is 0.383. The lowest BCUT2D eigenvalue weighted by Crippen LogP contribution is -2.45. The SMILES string of the molecule is CCC(C(=O)O)C1=CSC(N)N1C(=O)OC(C)(C)C. The minimum atomic E-state index is -0.975. The van der Waals surface area contributed by atoms with Gasteiger partial charge in [-0.15, -0.1) is 0 Å². The van der Waals surface area contributed by atoms with Gasteiger partial charge in [0.25, 0.3) is 0 Å². The van der Waals surface area contributed by atoms with E-state index in [1.54, 1.807) is 33.1 Å². The van der Waals surface area contributed by atoms with Gasteiger partial charge in [-0.25, -0.2) is 4.79 Å². The van der Waals surface area contributed by atoms with Crippen LogP contribution in [0.2, 0.25) is 0 Å². The van der Waals surface area contributed by atoms with Crippen molar-refractivity contribution in [3.63, 3.8) is 0 Å². The van der Waals surface area contributed by atoms with Crippen LogP contribution in [0.5, 0.6) is 0 Å². The highest BCUT2D eigenvalue weighted by Crippen LogP contribution is 2.35. The second-order valence-corrected chi connectivity index (χ2v) is 6.21. The highest BCUT2D eigenvalue weighted by molar-refractivity contribution is 8.02. The first-order valence-corrected chi connectivity index (χ1v) is 6.97. The lowest BCUT2D eigenvalue weighted by molar-refractivity contribution is -0.140. The van der Waals surface area contributed by atoms with Crippen molar-refractivity contribution < 1.29 is 19.4 Å². The van der Waals surface area contributed by atoms with E-state index in [2.05, 4.69) is 0 Å². The minimum Gasteiger partial charge on any atom is -0.481 e. The number of amides is 1. The number of nitrogens with two attached hydrogens (primary N) is 1. The number of hydrogen-bond acceptors (Lipinski definition) is 5. The molecule has 1 aliphatic rings. The predicted molar refractivity (Wildman–Crippen MR) is 73.1 cm³/mol. The number of aliphatic carboxylic acids is 1. The average molecular weight is 288 g/mol. The molecule has 3 N–H and O–H groups in total. The molecule has 0 radical (unpaired) electrons. The molecule has 0 fully saturated rings. The fraction of sp³-hybridized carbons (Fsp3) is 0.667. The monoisotopic (exact) mass is 288 g/mol. The zero-order valence-corrected chi connectivity index (χ0v) is 12.4. The maximum Gasteiger partial charge on any atom is 0.416 e. The van der Waals surface area contributed by atoms with Crippen LogP contribution in [0.15, 0.2) is 11.1 Å². The molecule has 1 aliphatic heterocycles. The Kier molecular flexibility index (Phi) is 4.86. The van der Waals surface area contributed by atoms with Gasteiger partial charge in [0.1, 0.15) is 11.1 Å². The average Bonchev–Trinajstić information content (AvgIpc) is 2.58. The van der Waals surface area contributed by atoms with Crippen molar-refractivity contribution in [2.24, 2.45) is 11.7 Å². The molecule has 0 bridgehead atoms. The maximum absolute atomic E-state index is 12.1. The van der Waals surface area contributed by atoms with Crippen molar-refractivity contribution >= 4 is 23.8 Å². The van der Waals surface area contributed by atoms with Gasteiger partial charge in [-0.2, -0.15) is 0 Å². The Balaban J connectivity index is 2.94. The number of hydrogen-bond donors (Lipinski definition) is 2. The third-order valence-electron chi connectivity index (χ3n) is 2.51. The number of nitrogens with zero attached hydrogens (tertiary/aromatic N) is 1. The normalized spacial score (nSPS) is 21.0. The van der Waals surface area contributed by atoms with Gasteiger partial charge >= 0.3 is 12.1 Å². The zero-order valence-electron chi connectivity index (χ0n) is 11.5. The molecule has 0 spiro atoms. The molecule has 1 amide bonds. The molecule has 2 atom stereocenters. The first-order chi connectivity index (χ1) is 8.67. The molecule has 6 nitrogen and oxygen atoms in total. The number of carbonyl (C=O) groups excluding carboxylic acids is 1. The quantitative estimate of drug-likeness (QED) is 0.826. The molecule has 1 heterocycles. The molecule has 19 heavy (non-hydrogen) atoms. The highest BCUT2D eigenvalue weighted by Gasteiger charge is 2.38. The van der Waals surface area contributed by atoms with E-state index in [4.69, 9.17) is 10.5 Å². The molecule has 108 valence electrons. The van der Waals surface area contributed by atoms with Crippen LogP contribution in [-0.4, -0.2) is 33.2 Å². The van der Waals surface area contributed by atoms with E-state index >= 15 is 0 Å². The molecular weight excluding hydrogens is 268 g/mol. The molecule has 7 heteroatoms. The Labute approximate surface area is 117 Å². The summed E-state index contributed by atoms with van der Waals surface area (Å²) in [5, 5.41) is 10.8. The zero-order chi connectivity index (χ0) is 14.8. The fourth-order valence-electron chi connectivity index (χ4n) is 1.68. The topological polar surface area (TPSA) is 92.9 Å². The van der Waals surface area contributed by atoms with E-state index in [-0.39, 0.29) is 0 Å². The summed E-state index contributed by atoms with van der Waals surface area (Å²) >= 11 is 1.21. The molecule has 0 aromatic heterocycles. The summed E-state index contributed by atoms with van der Waals surface area (Å²) in [7, 11) is 0. The third kappa shape index (κ3) is 3.87. The summed E-state index contributed by atoms with van der Waals surface area (Å²) in [5.41, 5.74) is 4.92. The van der Waals surface area contributed by atoms with Crippen LogP contribution in [0.4, 0.5) is 4.79 Å². The van der Waals surface area contributed by atoms with Crippen molar-refractivity contribution in [2.45, 2.75) is 45.2 Å². The van der Waals surface area contributed by atoms with E-state index in [0.29, 0.717) is 12.1 Å². The summed E-state index contributed by atoms with van der Waals surface area (Å²) < 4.78 is 5.26. The molecule has 0 aromatic rings. The summed E-state index contributed by atoms with van der Waals surface area (Å²) in [4.78, 5) is 24.5. The Morgan fingerprint density at radius 2 is 2.16 bits per heavy atom. The Morgan fingerprint density at radius 1 is 1.58 bits per heavy atom. The molecule has 1 rings (SSSR count). The summed E-state index contributed by atoms with van der Waals surface area (Å²) in [6, 6.07) is 0. The van der Waals surface area contributed by atoms with Gasteiger partial charge in [0.15, 0.2) is 0 Å². The van der Waals surface area contributed by atoms with Crippen molar-refractivity contribution in [3.05, 3.63) is 11.1 Å². The van der Waals surface area contributed by atoms with E-state index in [1.807, 2.05) is 0 Å². The van der Waals surface area contributed by atoms with E-state index in [0.717, 1.165) is 0 Å². The van der Waals surface area contributed by atoms with Gasteiger partial charge in [-0.05, 0) is 32.6 Å². The number of carbonyl (C=O) groups is 2. The van der Waals surface area contributed by atoms with E-state index in [9.17, 15) is 14.7 Å². The largest absolute Gasteiger partial charge is 0.481 e. The summed E-state index contributed by atoms with van der Waals surface area (Å²) in [6.45, 7) is 6.99. The summed E-state index contributed by atoms with van der Waals surface area (Å²) in [5.74, 6) is -1.73. The maximum atomic E-state index is 12.1. The molecular formula is C12H20N2O4S. The predicted octanol–water partition coefficient (Wildman–Crippen LogP) is 2.16. The Bertz CT molecular complexity index is 403. The van der Waals surface area contributed by atoms with Crippen molar-refractivity contribution in [3.8, 4) is 0 Å². The van der Waals surface area contributed by atoms with Crippen LogP contribution >= 0.6 is 11.8 Å². The van der Waals surface area contributed by atoms with Gasteiger partial charge in [-0.3, -0.25) is 9.69 Å². The summed E-state index contributed by atoms with van der Waals surface area (Å²) in [6.07, 6.45) is -0.232. The van der Waals surface area contributed by atoms with E-state index in [1.165, 1.54) is 16.7 Å². The van der Waals surface area contributed by atoms with Crippen LogP contribution in [0, 0.1) is 5.92 Å². The standard InChI is InChI=1S/C12H20N2O4S/c1-5-7(9(15)16)8-6-19-10(13)14(8)11(17)18-12(2,3)4/h6-7,10H,5,13H2,1-4H3,(H,15,16).